The number of nitrogens with zero attached hydrogens (tertiary/aromatic N) is 4. The molecular weight excluding hydrogens is 444 g/mol. The van der Waals surface area contributed by atoms with Crippen LogP contribution in [0.1, 0.15) is 71.9 Å². The molecule has 5 heteroatoms. The molecule has 2 aromatic heterocycles. The summed E-state index contributed by atoms with van der Waals surface area (Å²) in [5.74, 6) is 2.11. The van der Waals surface area contributed by atoms with Crippen LogP contribution < -0.4 is 9.64 Å². The number of aryl methyl sites for hydroxylation is 5. The van der Waals surface area contributed by atoms with Crippen LogP contribution in [0.25, 0.3) is 16.8 Å². The third kappa shape index (κ3) is 3.76. The highest BCUT2D eigenvalue weighted by Gasteiger charge is 2.35. The lowest BCUT2D eigenvalue weighted by atomic mass is 9.91. The summed E-state index contributed by atoms with van der Waals surface area (Å²) in [5.41, 5.74) is 11.8. The third-order valence-electron chi connectivity index (χ3n) is 7.99. The summed E-state index contributed by atoms with van der Waals surface area (Å²) >= 11 is 0. The molecule has 2 atom stereocenters. The van der Waals surface area contributed by atoms with E-state index in [0.717, 1.165) is 47.6 Å². The number of fused-ring (bicyclic) bond motifs is 3. The van der Waals surface area contributed by atoms with E-state index in [2.05, 4.69) is 88.2 Å². The number of anilines is 1. The summed E-state index contributed by atoms with van der Waals surface area (Å²) < 4.78 is 7.92. The molecule has 2 aromatic carbocycles. The predicted molar refractivity (Wildman–Crippen MR) is 148 cm³/mol. The minimum atomic E-state index is 0.131. The largest absolute Gasteiger partial charge is 0.496 e. The number of aromatic nitrogens is 3. The molecule has 0 bridgehead atoms. The topological polar surface area (TPSA) is 42.7 Å². The Morgan fingerprint density at radius 2 is 1.69 bits per heavy atom. The molecule has 4 aromatic rings. The van der Waals surface area contributed by atoms with Gasteiger partial charge in [0.25, 0.3) is 0 Å². The van der Waals surface area contributed by atoms with Crippen molar-refractivity contribution in [3.05, 3.63) is 75.6 Å². The van der Waals surface area contributed by atoms with Crippen molar-refractivity contribution in [1.82, 2.24) is 14.6 Å². The number of benzene rings is 2. The summed E-state index contributed by atoms with van der Waals surface area (Å²) in [6.45, 7) is 15.4. The maximum atomic E-state index is 5.78. The van der Waals surface area contributed by atoms with E-state index in [9.17, 15) is 0 Å². The van der Waals surface area contributed by atoms with Crippen LogP contribution in [0, 0.1) is 34.6 Å². The monoisotopic (exact) mass is 482 g/mol. The van der Waals surface area contributed by atoms with Gasteiger partial charge in [-0.15, -0.1) is 0 Å². The highest BCUT2D eigenvalue weighted by molar-refractivity contribution is 5.85. The van der Waals surface area contributed by atoms with E-state index in [0.29, 0.717) is 6.04 Å². The number of methoxy groups -OCH3 is 1. The van der Waals surface area contributed by atoms with Crippen LogP contribution in [0.3, 0.4) is 0 Å². The van der Waals surface area contributed by atoms with Gasteiger partial charge >= 0.3 is 0 Å². The molecule has 2 unspecified atom stereocenters. The molecule has 0 saturated heterocycles. The molecule has 0 radical (unpaired) electrons. The molecule has 0 aliphatic carbocycles. The molecule has 0 saturated carbocycles. The molecular formula is C31H38N4O. The lowest BCUT2D eigenvalue weighted by Crippen LogP contribution is -2.42. The van der Waals surface area contributed by atoms with Crippen molar-refractivity contribution in [2.24, 2.45) is 0 Å². The normalized spacial score (nSPS) is 16.3. The van der Waals surface area contributed by atoms with Crippen LogP contribution in [0.2, 0.25) is 0 Å². The van der Waals surface area contributed by atoms with Crippen LogP contribution in [0.15, 0.2) is 36.4 Å². The van der Waals surface area contributed by atoms with Crippen LogP contribution >= 0.6 is 0 Å². The molecule has 0 N–H and O–H groups in total. The van der Waals surface area contributed by atoms with E-state index in [1.54, 1.807) is 7.11 Å². The molecule has 5 nitrogen and oxygen atoms in total. The van der Waals surface area contributed by atoms with Gasteiger partial charge in [-0.3, -0.25) is 0 Å². The van der Waals surface area contributed by atoms with Gasteiger partial charge in [-0.05, 0) is 83.6 Å². The van der Waals surface area contributed by atoms with Crippen molar-refractivity contribution in [3.63, 3.8) is 0 Å². The first-order chi connectivity index (χ1) is 17.3. The van der Waals surface area contributed by atoms with Crippen LogP contribution in [-0.2, 0) is 6.42 Å². The summed E-state index contributed by atoms with van der Waals surface area (Å²) in [5, 5.41) is 5.17. The van der Waals surface area contributed by atoms with E-state index >= 15 is 0 Å². The fourth-order valence-corrected chi connectivity index (χ4v) is 6.39. The Balaban J connectivity index is 1.80. The van der Waals surface area contributed by atoms with Crippen molar-refractivity contribution < 1.29 is 4.74 Å². The summed E-state index contributed by atoms with van der Waals surface area (Å²) in [4.78, 5) is 7.78. The Hall–Kier alpha value is -3.34. The van der Waals surface area contributed by atoms with Gasteiger partial charge in [-0.1, -0.05) is 42.8 Å². The second-order valence-electron chi connectivity index (χ2n) is 10.4. The fraction of sp³-hybridized carbons (Fsp3) is 0.419. The molecule has 36 heavy (non-hydrogen) atoms. The molecule has 0 fully saturated rings. The first-order valence-electron chi connectivity index (χ1n) is 13.1. The zero-order valence-electron chi connectivity index (χ0n) is 22.9. The van der Waals surface area contributed by atoms with Crippen molar-refractivity contribution in [2.75, 3.05) is 12.0 Å². The summed E-state index contributed by atoms with van der Waals surface area (Å²) in [6.07, 6.45) is 3.21. The smallest absolute Gasteiger partial charge is 0.165 e. The maximum absolute atomic E-state index is 5.78. The van der Waals surface area contributed by atoms with Gasteiger partial charge in [0, 0.05) is 22.9 Å². The molecule has 188 valence electrons. The molecule has 0 amide bonds. The fourth-order valence-electron chi connectivity index (χ4n) is 6.39. The van der Waals surface area contributed by atoms with Gasteiger partial charge in [0.2, 0.25) is 0 Å². The second-order valence-corrected chi connectivity index (χ2v) is 10.4. The average Bonchev–Trinajstić information content (AvgIpc) is 3.17. The maximum Gasteiger partial charge on any atom is 0.165 e. The second kappa shape index (κ2) is 9.27. The molecule has 0 spiro atoms. The van der Waals surface area contributed by atoms with Gasteiger partial charge in [0.1, 0.15) is 11.6 Å². The summed E-state index contributed by atoms with van der Waals surface area (Å²) in [7, 11) is 1.76. The SMILES string of the molecule is CCC1CCc2c(C)nc3c(-c4c(C)cc(C)cc4C)c(C)nn3c2N1C(C)c1ccccc1OC. The Bertz CT molecular complexity index is 1430. The molecule has 3 heterocycles. The first-order valence-corrected chi connectivity index (χ1v) is 13.1. The Morgan fingerprint density at radius 1 is 1.00 bits per heavy atom. The zero-order valence-corrected chi connectivity index (χ0v) is 22.9. The Morgan fingerprint density at radius 3 is 2.36 bits per heavy atom. The number of hydrogen-bond donors (Lipinski definition) is 0. The van der Waals surface area contributed by atoms with E-state index < -0.39 is 0 Å². The van der Waals surface area contributed by atoms with Gasteiger partial charge in [0.05, 0.1) is 24.4 Å². The van der Waals surface area contributed by atoms with Crippen molar-refractivity contribution in [1.29, 1.82) is 0 Å². The lowest BCUT2D eigenvalue weighted by Gasteiger charge is -2.43. The van der Waals surface area contributed by atoms with E-state index in [-0.39, 0.29) is 6.04 Å². The molecule has 1 aliphatic heterocycles. The van der Waals surface area contributed by atoms with Crippen LogP contribution in [0.4, 0.5) is 5.82 Å². The van der Waals surface area contributed by atoms with Gasteiger partial charge in [0.15, 0.2) is 5.65 Å². The van der Waals surface area contributed by atoms with Gasteiger partial charge in [-0.2, -0.15) is 9.61 Å². The van der Waals surface area contributed by atoms with E-state index in [1.165, 1.54) is 39.2 Å². The Kier molecular flexibility index (Phi) is 6.27. The highest BCUT2D eigenvalue weighted by Crippen LogP contribution is 2.43. The molecule has 1 aliphatic rings. The average molecular weight is 483 g/mol. The minimum Gasteiger partial charge on any atom is -0.496 e. The lowest BCUT2D eigenvalue weighted by molar-refractivity contribution is 0.397. The Labute approximate surface area is 215 Å². The first kappa shape index (κ1) is 24.4. The van der Waals surface area contributed by atoms with E-state index in [4.69, 9.17) is 14.8 Å². The minimum absolute atomic E-state index is 0.131. The predicted octanol–water partition coefficient (Wildman–Crippen LogP) is 7.24. The van der Waals surface area contributed by atoms with Gasteiger partial charge < -0.3 is 9.64 Å². The van der Waals surface area contributed by atoms with Crippen LogP contribution in [0.5, 0.6) is 5.75 Å². The number of hydrogen-bond acceptors (Lipinski definition) is 4. The highest BCUT2D eigenvalue weighted by atomic mass is 16.5. The third-order valence-corrected chi connectivity index (χ3v) is 7.99. The van der Waals surface area contributed by atoms with Crippen LogP contribution in [-0.4, -0.2) is 27.7 Å². The van der Waals surface area contributed by atoms with E-state index in [1.807, 2.05) is 6.07 Å². The summed E-state index contributed by atoms with van der Waals surface area (Å²) in [6, 6.07) is 13.5. The van der Waals surface area contributed by atoms with Crippen molar-refractivity contribution in [3.8, 4) is 16.9 Å². The molecule has 5 rings (SSSR count). The number of rotatable bonds is 5. The number of para-hydroxylation sites is 1. The number of ether oxygens (including phenoxy) is 1. The van der Waals surface area contributed by atoms with Gasteiger partial charge in [-0.25, -0.2) is 4.98 Å². The quantitative estimate of drug-likeness (QED) is 0.301. The zero-order chi connectivity index (χ0) is 25.7. The van der Waals surface area contributed by atoms with Crippen molar-refractivity contribution >= 4 is 11.5 Å². The van der Waals surface area contributed by atoms with Crippen molar-refractivity contribution in [2.45, 2.75) is 79.8 Å². The standard InChI is InChI=1S/C31H38N4O/c1-9-24-14-15-25-21(5)32-30-29(28-19(3)16-18(2)17-20(28)4)22(6)33-35(30)31(25)34(24)23(7)26-12-10-11-13-27(26)36-8/h10-13,16-17,23-24H,9,14-15H2,1-8H3.